The summed E-state index contributed by atoms with van der Waals surface area (Å²) in [4.78, 5) is 12.8. The van der Waals surface area contributed by atoms with Crippen molar-refractivity contribution in [2.75, 3.05) is 16.8 Å². The maximum Gasteiger partial charge on any atom is 0.235 e. The number of amides is 1. The summed E-state index contributed by atoms with van der Waals surface area (Å²) < 4.78 is 1.54. The van der Waals surface area contributed by atoms with Gasteiger partial charge in [-0.05, 0) is 12.1 Å². The van der Waals surface area contributed by atoms with E-state index in [4.69, 9.17) is 5.73 Å². The van der Waals surface area contributed by atoms with Crippen LogP contribution in [0.25, 0.3) is 0 Å². The van der Waals surface area contributed by atoms with E-state index in [1.807, 2.05) is 30.3 Å². The highest BCUT2D eigenvalue weighted by molar-refractivity contribution is 8.00. The Morgan fingerprint density at radius 1 is 1.44 bits per heavy atom. The van der Waals surface area contributed by atoms with Gasteiger partial charge in [0.2, 0.25) is 5.91 Å². The zero-order chi connectivity index (χ0) is 13.0. The van der Waals surface area contributed by atoms with E-state index in [0.29, 0.717) is 17.3 Å². The van der Waals surface area contributed by atoms with Crippen LogP contribution in [0.5, 0.6) is 0 Å². The first-order valence-electron chi connectivity index (χ1n) is 5.42. The number of carbonyl (C=O) groups excluding carboxylic acids is 1. The molecular weight excluding hydrogens is 248 g/mol. The van der Waals surface area contributed by atoms with Crippen molar-refractivity contribution in [3.63, 3.8) is 0 Å². The third kappa shape index (κ3) is 3.04. The summed E-state index contributed by atoms with van der Waals surface area (Å²) in [6.45, 7) is 0. The zero-order valence-electron chi connectivity index (χ0n) is 9.96. The molecule has 1 amide bonds. The van der Waals surface area contributed by atoms with Gasteiger partial charge in [-0.3, -0.25) is 9.48 Å². The number of benzene rings is 1. The minimum Gasteiger partial charge on any atom is -0.394 e. The third-order valence-electron chi connectivity index (χ3n) is 2.34. The van der Waals surface area contributed by atoms with Crippen LogP contribution in [-0.4, -0.2) is 21.4 Å². The molecule has 0 fully saturated rings. The summed E-state index contributed by atoms with van der Waals surface area (Å²) in [5.74, 6) is 0.780. The predicted molar refractivity (Wildman–Crippen MR) is 73.4 cm³/mol. The van der Waals surface area contributed by atoms with Gasteiger partial charge in [0.1, 0.15) is 0 Å². The van der Waals surface area contributed by atoms with Crippen molar-refractivity contribution in [3.05, 3.63) is 36.5 Å². The quantitative estimate of drug-likeness (QED) is 0.823. The summed E-state index contributed by atoms with van der Waals surface area (Å²) in [5, 5.41) is 6.70. The van der Waals surface area contributed by atoms with Gasteiger partial charge in [0, 0.05) is 11.9 Å². The monoisotopic (exact) mass is 262 g/mol. The Morgan fingerprint density at radius 3 is 2.78 bits per heavy atom. The number of anilines is 2. The largest absolute Gasteiger partial charge is 0.394 e. The summed E-state index contributed by atoms with van der Waals surface area (Å²) in [5.41, 5.74) is 6.16. The van der Waals surface area contributed by atoms with Gasteiger partial charge in [0.05, 0.1) is 17.6 Å². The van der Waals surface area contributed by atoms with Crippen LogP contribution < -0.4 is 11.1 Å². The number of rotatable bonds is 4. The van der Waals surface area contributed by atoms with Crippen LogP contribution in [0.1, 0.15) is 0 Å². The van der Waals surface area contributed by atoms with Crippen molar-refractivity contribution in [2.45, 2.75) is 4.90 Å². The number of thioether (sulfide) groups is 1. The molecule has 5 nitrogen and oxygen atoms in total. The van der Waals surface area contributed by atoms with Crippen LogP contribution in [0.4, 0.5) is 11.5 Å². The average molecular weight is 262 g/mol. The first-order chi connectivity index (χ1) is 8.66. The number of nitrogen functional groups attached to an aromatic ring is 1. The number of carbonyl (C=O) groups is 1. The smallest absolute Gasteiger partial charge is 0.235 e. The molecule has 0 radical (unpaired) electrons. The Kier molecular flexibility index (Phi) is 3.88. The standard InChI is InChI=1S/C12H14N4OS/c1-16-12(10(13)7-14-16)15-11(17)8-18-9-5-3-2-4-6-9/h2-7H,8,13H2,1H3,(H,15,17). The molecular formula is C12H14N4OS. The van der Waals surface area contributed by atoms with Crippen molar-refractivity contribution in [1.29, 1.82) is 0 Å². The minimum atomic E-state index is -0.0980. The topological polar surface area (TPSA) is 72.9 Å². The third-order valence-corrected chi connectivity index (χ3v) is 3.35. The summed E-state index contributed by atoms with van der Waals surface area (Å²) >= 11 is 1.48. The van der Waals surface area contributed by atoms with Gasteiger partial charge in [-0.1, -0.05) is 18.2 Å². The number of hydrogen-bond donors (Lipinski definition) is 2. The molecule has 2 rings (SSSR count). The average Bonchev–Trinajstić information content (AvgIpc) is 2.69. The Balaban J connectivity index is 1.90. The van der Waals surface area contributed by atoms with Gasteiger partial charge >= 0.3 is 0 Å². The van der Waals surface area contributed by atoms with Crippen LogP contribution in [0.3, 0.4) is 0 Å². The molecule has 1 aromatic carbocycles. The molecule has 0 aliphatic heterocycles. The number of hydrogen-bond acceptors (Lipinski definition) is 4. The lowest BCUT2D eigenvalue weighted by atomic mass is 10.4. The number of nitrogens with two attached hydrogens (primary N) is 1. The Bertz CT molecular complexity index is 519. The van der Waals surface area contributed by atoms with Gasteiger partial charge in [-0.2, -0.15) is 5.10 Å². The highest BCUT2D eigenvalue weighted by Crippen LogP contribution is 2.19. The molecule has 0 atom stereocenters. The van der Waals surface area contributed by atoms with Crippen molar-refractivity contribution >= 4 is 29.2 Å². The molecule has 6 heteroatoms. The molecule has 0 aliphatic rings. The van der Waals surface area contributed by atoms with Crippen LogP contribution in [-0.2, 0) is 11.8 Å². The predicted octanol–water partition coefficient (Wildman–Crippen LogP) is 1.73. The second-order valence-electron chi connectivity index (χ2n) is 3.72. The SMILES string of the molecule is Cn1ncc(N)c1NC(=O)CSc1ccccc1. The number of aromatic nitrogens is 2. The van der Waals surface area contributed by atoms with E-state index in [1.165, 1.54) is 18.0 Å². The molecule has 0 bridgehead atoms. The van der Waals surface area contributed by atoms with E-state index in [1.54, 1.807) is 11.7 Å². The van der Waals surface area contributed by atoms with E-state index >= 15 is 0 Å². The van der Waals surface area contributed by atoms with Gasteiger partial charge in [-0.15, -0.1) is 11.8 Å². The normalized spacial score (nSPS) is 10.3. The van der Waals surface area contributed by atoms with E-state index in [0.717, 1.165) is 4.90 Å². The van der Waals surface area contributed by atoms with Gasteiger partial charge in [0.25, 0.3) is 0 Å². The van der Waals surface area contributed by atoms with Crippen molar-refractivity contribution in [1.82, 2.24) is 9.78 Å². The molecule has 0 saturated carbocycles. The maximum absolute atomic E-state index is 11.8. The fourth-order valence-corrected chi connectivity index (χ4v) is 2.16. The Hall–Kier alpha value is -1.95. The number of nitrogens with one attached hydrogen (secondary N) is 1. The molecule has 94 valence electrons. The van der Waals surface area contributed by atoms with Crippen molar-refractivity contribution in [2.24, 2.45) is 7.05 Å². The fraction of sp³-hybridized carbons (Fsp3) is 0.167. The fourth-order valence-electron chi connectivity index (χ4n) is 1.44. The van der Waals surface area contributed by atoms with Crippen molar-refractivity contribution < 1.29 is 4.79 Å². The van der Waals surface area contributed by atoms with Crippen LogP contribution in [0, 0.1) is 0 Å². The lowest BCUT2D eigenvalue weighted by molar-refractivity contribution is -0.113. The number of aryl methyl sites for hydroxylation is 1. The Morgan fingerprint density at radius 2 is 2.17 bits per heavy atom. The minimum absolute atomic E-state index is 0.0980. The highest BCUT2D eigenvalue weighted by atomic mass is 32.2. The van der Waals surface area contributed by atoms with Crippen LogP contribution in [0.15, 0.2) is 41.4 Å². The highest BCUT2D eigenvalue weighted by Gasteiger charge is 2.09. The zero-order valence-corrected chi connectivity index (χ0v) is 10.8. The summed E-state index contributed by atoms with van der Waals surface area (Å²) in [6, 6.07) is 9.77. The molecule has 2 aromatic rings. The lowest BCUT2D eigenvalue weighted by Crippen LogP contribution is -2.17. The molecule has 3 N–H and O–H groups in total. The Labute approximate surface area is 109 Å². The lowest BCUT2D eigenvalue weighted by Gasteiger charge is -2.06. The molecule has 0 spiro atoms. The summed E-state index contributed by atoms with van der Waals surface area (Å²) in [7, 11) is 1.73. The van der Waals surface area contributed by atoms with Crippen molar-refractivity contribution in [3.8, 4) is 0 Å². The van der Waals surface area contributed by atoms with Crippen LogP contribution in [0.2, 0.25) is 0 Å². The summed E-state index contributed by atoms with van der Waals surface area (Å²) in [6.07, 6.45) is 1.51. The van der Waals surface area contributed by atoms with Gasteiger partial charge in [-0.25, -0.2) is 0 Å². The van der Waals surface area contributed by atoms with E-state index in [9.17, 15) is 4.79 Å². The van der Waals surface area contributed by atoms with Gasteiger partial charge in [0.15, 0.2) is 5.82 Å². The second-order valence-corrected chi connectivity index (χ2v) is 4.77. The molecule has 0 saturated heterocycles. The molecule has 0 unspecified atom stereocenters. The first-order valence-corrected chi connectivity index (χ1v) is 6.40. The van der Waals surface area contributed by atoms with E-state index in [2.05, 4.69) is 10.4 Å². The van der Waals surface area contributed by atoms with E-state index < -0.39 is 0 Å². The molecule has 1 aromatic heterocycles. The number of nitrogens with zero attached hydrogens (tertiary/aromatic N) is 2. The first kappa shape index (κ1) is 12.5. The molecule has 0 aliphatic carbocycles. The maximum atomic E-state index is 11.8. The molecule has 1 heterocycles. The second kappa shape index (κ2) is 5.59. The van der Waals surface area contributed by atoms with E-state index in [-0.39, 0.29) is 5.91 Å². The molecule has 18 heavy (non-hydrogen) atoms. The van der Waals surface area contributed by atoms with Crippen LogP contribution >= 0.6 is 11.8 Å². The van der Waals surface area contributed by atoms with Gasteiger partial charge < -0.3 is 11.1 Å².